The van der Waals surface area contributed by atoms with Crippen molar-refractivity contribution in [1.29, 1.82) is 0 Å². The summed E-state index contributed by atoms with van der Waals surface area (Å²) in [5.41, 5.74) is 1.16. The Balaban J connectivity index is 2.32. The summed E-state index contributed by atoms with van der Waals surface area (Å²) >= 11 is 0. The number of carbonyl (C=O) groups is 1. The molecule has 0 aromatic heterocycles. The van der Waals surface area contributed by atoms with Crippen LogP contribution in [0.3, 0.4) is 0 Å². The molecule has 1 aliphatic rings. The fourth-order valence-corrected chi connectivity index (χ4v) is 4.34. The number of benzene rings is 1. The zero-order valence-electron chi connectivity index (χ0n) is 13.7. The van der Waals surface area contributed by atoms with Gasteiger partial charge >= 0.3 is 5.97 Å². The van der Waals surface area contributed by atoms with Gasteiger partial charge in [-0.1, -0.05) is 37.6 Å². The zero-order valence-corrected chi connectivity index (χ0v) is 14.5. The van der Waals surface area contributed by atoms with Gasteiger partial charge in [-0.2, -0.15) is 0 Å². The first-order valence-corrected chi connectivity index (χ1v) is 8.75. The summed E-state index contributed by atoms with van der Waals surface area (Å²) in [4.78, 5) is 13.3. The third-order valence-corrected chi connectivity index (χ3v) is 5.74. The fourth-order valence-electron chi connectivity index (χ4n) is 2.75. The summed E-state index contributed by atoms with van der Waals surface area (Å²) in [6.07, 6.45) is 4.25. The maximum atomic E-state index is 13.0. The Labute approximate surface area is 135 Å². The number of allylic oxidation sites excluding steroid dienone is 2. The lowest BCUT2D eigenvalue weighted by molar-refractivity contribution is -0.141. The lowest BCUT2D eigenvalue weighted by atomic mass is 9.78. The fraction of sp³-hybridized carbons (Fsp3) is 0.500. The van der Waals surface area contributed by atoms with Gasteiger partial charge in [-0.15, -0.1) is 0 Å². The number of ether oxygens (including phenoxy) is 1. The van der Waals surface area contributed by atoms with Gasteiger partial charge in [-0.25, -0.2) is 4.21 Å². The van der Waals surface area contributed by atoms with Crippen LogP contribution in [-0.4, -0.2) is 17.3 Å². The van der Waals surface area contributed by atoms with Gasteiger partial charge in [0.2, 0.25) is 0 Å². The highest BCUT2D eigenvalue weighted by atomic mass is 32.2. The Morgan fingerprint density at radius 3 is 2.55 bits per heavy atom. The van der Waals surface area contributed by atoms with Crippen LogP contribution in [0, 0.1) is 18.3 Å². The molecule has 0 radical (unpaired) electrons. The van der Waals surface area contributed by atoms with Gasteiger partial charge in [0.15, 0.2) is 0 Å². The van der Waals surface area contributed by atoms with Crippen molar-refractivity contribution >= 4 is 16.8 Å². The highest BCUT2D eigenvalue weighted by molar-refractivity contribution is 7.89. The SMILES string of the molecule is COC(=O)C[C@H]1CCC(C)(C)C=C1[S@@](=O)c1ccc(C)cc1. The average Bonchev–Trinajstić information content (AvgIpc) is 2.48. The van der Waals surface area contributed by atoms with Gasteiger partial charge in [0.1, 0.15) is 0 Å². The minimum absolute atomic E-state index is 0.00242. The average molecular weight is 320 g/mol. The summed E-state index contributed by atoms with van der Waals surface area (Å²) in [5, 5.41) is 0. The number of hydrogen-bond donors (Lipinski definition) is 0. The molecule has 0 amide bonds. The van der Waals surface area contributed by atoms with E-state index < -0.39 is 10.8 Å². The lowest BCUT2D eigenvalue weighted by Crippen LogP contribution is -2.24. The van der Waals surface area contributed by atoms with E-state index in [-0.39, 0.29) is 17.3 Å². The van der Waals surface area contributed by atoms with Crippen LogP contribution >= 0.6 is 0 Å². The molecule has 0 fully saturated rings. The number of esters is 1. The molecule has 0 aliphatic heterocycles. The van der Waals surface area contributed by atoms with Crippen molar-refractivity contribution in [2.45, 2.75) is 44.9 Å². The molecule has 0 N–H and O–H groups in total. The van der Waals surface area contributed by atoms with Crippen molar-refractivity contribution in [3.63, 3.8) is 0 Å². The monoisotopic (exact) mass is 320 g/mol. The number of rotatable bonds is 4. The molecule has 0 unspecified atom stereocenters. The first-order chi connectivity index (χ1) is 10.3. The Morgan fingerprint density at radius 2 is 1.95 bits per heavy atom. The van der Waals surface area contributed by atoms with E-state index in [9.17, 15) is 9.00 Å². The van der Waals surface area contributed by atoms with Crippen molar-refractivity contribution in [3.05, 3.63) is 40.8 Å². The van der Waals surface area contributed by atoms with E-state index in [0.717, 1.165) is 28.2 Å². The second-order valence-electron chi connectivity index (χ2n) is 6.63. The molecule has 1 aliphatic carbocycles. The molecule has 3 nitrogen and oxygen atoms in total. The molecule has 0 spiro atoms. The molecule has 1 aromatic carbocycles. The summed E-state index contributed by atoms with van der Waals surface area (Å²) in [7, 11) is 0.178. The topological polar surface area (TPSA) is 43.4 Å². The van der Waals surface area contributed by atoms with E-state index >= 15 is 0 Å². The van der Waals surface area contributed by atoms with Gasteiger partial charge in [0.05, 0.1) is 24.3 Å². The molecule has 0 bridgehead atoms. The Kier molecular flexibility index (Phi) is 5.22. The van der Waals surface area contributed by atoms with Crippen LogP contribution in [0.1, 0.15) is 38.7 Å². The molecule has 4 heteroatoms. The van der Waals surface area contributed by atoms with E-state index in [4.69, 9.17) is 4.74 Å². The van der Waals surface area contributed by atoms with Crippen molar-refractivity contribution < 1.29 is 13.7 Å². The second kappa shape index (κ2) is 6.78. The molecule has 2 rings (SSSR count). The van der Waals surface area contributed by atoms with Crippen LogP contribution in [0.5, 0.6) is 0 Å². The molecule has 120 valence electrons. The Bertz CT molecular complexity index is 599. The summed E-state index contributed by atoms with van der Waals surface area (Å²) < 4.78 is 17.8. The van der Waals surface area contributed by atoms with Gasteiger partial charge in [0, 0.05) is 15.7 Å². The van der Waals surface area contributed by atoms with E-state index in [2.05, 4.69) is 19.9 Å². The van der Waals surface area contributed by atoms with Crippen LogP contribution < -0.4 is 0 Å². The molecule has 22 heavy (non-hydrogen) atoms. The maximum absolute atomic E-state index is 13.0. The van der Waals surface area contributed by atoms with Crippen molar-refractivity contribution in [2.75, 3.05) is 7.11 Å². The number of aryl methyl sites for hydroxylation is 1. The van der Waals surface area contributed by atoms with E-state index in [0.29, 0.717) is 6.42 Å². The number of methoxy groups -OCH3 is 1. The normalized spacial score (nSPS) is 21.8. The van der Waals surface area contributed by atoms with Crippen molar-refractivity contribution in [1.82, 2.24) is 0 Å². The van der Waals surface area contributed by atoms with Gasteiger partial charge < -0.3 is 4.74 Å². The Morgan fingerprint density at radius 1 is 1.32 bits per heavy atom. The van der Waals surface area contributed by atoms with Crippen LogP contribution in [0.15, 0.2) is 40.1 Å². The van der Waals surface area contributed by atoms with E-state index in [1.165, 1.54) is 7.11 Å². The number of carbonyl (C=O) groups excluding carboxylic acids is 1. The quantitative estimate of drug-likeness (QED) is 0.788. The molecule has 0 saturated heterocycles. The Hall–Kier alpha value is -1.42. The van der Waals surface area contributed by atoms with E-state index in [1.54, 1.807) is 0 Å². The van der Waals surface area contributed by atoms with Crippen LogP contribution in [0.4, 0.5) is 0 Å². The zero-order chi connectivity index (χ0) is 16.3. The first-order valence-electron chi connectivity index (χ1n) is 7.60. The van der Waals surface area contributed by atoms with Gasteiger partial charge in [-0.05, 0) is 37.3 Å². The third kappa shape index (κ3) is 4.07. The largest absolute Gasteiger partial charge is 0.469 e. The predicted molar refractivity (Wildman–Crippen MR) is 88.8 cm³/mol. The molecule has 0 heterocycles. The molecule has 0 saturated carbocycles. The maximum Gasteiger partial charge on any atom is 0.306 e. The van der Waals surface area contributed by atoms with Crippen LogP contribution in [0.25, 0.3) is 0 Å². The van der Waals surface area contributed by atoms with Crippen molar-refractivity contribution in [3.8, 4) is 0 Å². The molecule has 2 atom stereocenters. The van der Waals surface area contributed by atoms with Crippen LogP contribution in [0.2, 0.25) is 0 Å². The predicted octanol–water partition coefficient (Wildman–Crippen LogP) is 3.99. The lowest BCUT2D eigenvalue weighted by Gasteiger charge is -2.32. The molecule has 1 aromatic rings. The van der Waals surface area contributed by atoms with Crippen LogP contribution in [-0.2, 0) is 20.3 Å². The minimum Gasteiger partial charge on any atom is -0.469 e. The third-order valence-electron chi connectivity index (χ3n) is 4.16. The standard InChI is InChI=1S/C18H24O3S/c1-13-5-7-15(8-6-13)22(20)16-12-18(2,3)10-9-14(16)11-17(19)21-4/h5-8,12,14H,9-11H2,1-4H3/t14-,22+/m1/s1. The number of hydrogen-bond acceptors (Lipinski definition) is 3. The summed E-state index contributed by atoms with van der Waals surface area (Å²) in [6, 6.07) is 7.75. The van der Waals surface area contributed by atoms with E-state index in [1.807, 2.05) is 31.2 Å². The van der Waals surface area contributed by atoms with Gasteiger partial charge in [0.25, 0.3) is 0 Å². The van der Waals surface area contributed by atoms with Gasteiger partial charge in [-0.3, -0.25) is 4.79 Å². The molecular weight excluding hydrogens is 296 g/mol. The smallest absolute Gasteiger partial charge is 0.306 e. The second-order valence-corrected chi connectivity index (χ2v) is 8.11. The van der Waals surface area contributed by atoms with Crippen molar-refractivity contribution in [2.24, 2.45) is 11.3 Å². The highest BCUT2D eigenvalue weighted by Crippen LogP contribution is 2.40. The summed E-state index contributed by atoms with van der Waals surface area (Å²) in [5.74, 6) is -0.237. The molecular formula is C18H24O3S. The minimum atomic E-state index is -1.22. The first kappa shape index (κ1) is 16.9. The highest BCUT2D eigenvalue weighted by Gasteiger charge is 2.32. The summed E-state index contributed by atoms with van der Waals surface area (Å²) in [6.45, 7) is 6.30.